The summed E-state index contributed by atoms with van der Waals surface area (Å²) in [6.45, 7) is 2.33. The maximum atomic E-state index is 2.46. The lowest BCUT2D eigenvalue weighted by molar-refractivity contribution is 0.723. The summed E-state index contributed by atoms with van der Waals surface area (Å²) in [5.74, 6) is 0.543. The third-order valence-corrected chi connectivity index (χ3v) is 8.55. The number of fused-ring (bicyclic) bond motifs is 9. The van der Waals surface area contributed by atoms with Gasteiger partial charge < -0.3 is 0 Å². The van der Waals surface area contributed by atoms with Crippen LogP contribution in [0.15, 0.2) is 127 Å². The average molecular weight is 497 g/mol. The fourth-order valence-corrected chi connectivity index (χ4v) is 6.68. The highest BCUT2D eigenvalue weighted by atomic mass is 14.2. The molecule has 0 radical (unpaired) electrons. The molecule has 1 unspecified atom stereocenters. The lowest BCUT2D eigenvalue weighted by Crippen LogP contribution is -2.05. The first-order valence-electron chi connectivity index (χ1n) is 13.9. The number of rotatable bonds is 2. The van der Waals surface area contributed by atoms with Crippen LogP contribution in [0.4, 0.5) is 0 Å². The van der Waals surface area contributed by atoms with E-state index < -0.39 is 0 Å². The first-order valence-corrected chi connectivity index (χ1v) is 13.9. The van der Waals surface area contributed by atoms with Crippen molar-refractivity contribution in [2.45, 2.75) is 13.3 Å². The second kappa shape index (κ2) is 8.68. The molecule has 0 saturated heterocycles. The van der Waals surface area contributed by atoms with E-state index in [0.29, 0.717) is 5.92 Å². The van der Waals surface area contributed by atoms with Crippen LogP contribution in [0.25, 0.3) is 71.4 Å². The molecule has 7 aromatic rings. The Balaban J connectivity index is 1.41. The molecule has 0 fully saturated rings. The summed E-state index contributed by atoms with van der Waals surface area (Å²) in [4.78, 5) is 0. The van der Waals surface area contributed by atoms with Crippen LogP contribution in [-0.2, 0) is 6.42 Å². The van der Waals surface area contributed by atoms with E-state index in [9.17, 15) is 0 Å². The highest BCUT2D eigenvalue weighted by Gasteiger charge is 2.20. The summed E-state index contributed by atoms with van der Waals surface area (Å²) in [5, 5.41) is 10.7. The Morgan fingerprint density at radius 3 is 1.95 bits per heavy atom. The van der Waals surface area contributed by atoms with Crippen LogP contribution >= 0.6 is 0 Å². The molecule has 0 spiro atoms. The van der Waals surface area contributed by atoms with Gasteiger partial charge in [-0.2, -0.15) is 0 Å². The normalized spacial score (nSPS) is 14.8. The van der Waals surface area contributed by atoms with Gasteiger partial charge in [0, 0.05) is 0 Å². The van der Waals surface area contributed by atoms with E-state index in [-0.39, 0.29) is 0 Å². The molecule has 1 aliphatic carbocycles. The van der Waals surface area contributed by atoms with Crippen LogP contribution < -0.4 is 0 Å². The molecule has 1 aliphatic rings. The van der Waals surface area contributed by atoms with Crippen molar-refractivity contribution in [3.8, 4) is 22.3 Å². The molecule has 0 N–H and O–H groups in total. The topological polar surface area (TPSA) is 0 Å². The van der Waals surface area contributed by atoms with Gasteiger partial charge in [0.1, 0.15) is 0 Å². The van der Waals surface area contributed by atoms with Gasteiger partial charge >= 0.3 is 0 Å². The van der Waals surface area contributed by atoms with Gasteiger partial charge in [0.25, 0.3) is 0 Å². The van der Waals surface area contributed by atoms with E-state index in [1.807, 2.05) is 0 Å². The van der Waals surface area contributed by atoms with E-state index in [1.165, 1.54) is 76.5 Å². The van der Waals surface area contributed by atoms with E-state index in [0.717, 1.165) is 6.42 Å². The second-order valence-corrected chi connectivity index (χ2v) is 11.0. The average Bonchev–Trinajstić information content (AvgIpc) is 3.00. The quantitative estimate of drug-likeness (QED) is 0.209. The molecule has 0 aromatic heterocycles. The van der Waals surface area contributed by atoms with Crippen molar-refractivity contribution in [2.75, 3.05) is 0 Å². The molecule has 39 heavy (non-hydrogen) atoms. The summed E-state index contributed by atoms with van der Waals surface area (Å²) in [6, 6.07) is 44.8. The van der Waals surface area contributed by atoms with Crippen molar-refractivity contribution in [1.29, 1.82) is 0 Å². The van der Waals surface area contributed by atoms with Crippen LogP contribution in [-0.4, -0.2) is 0 Å². The monoisotopic (exact) mass is 496 g/mol. The van der Waals surface area contributed by atoms with Gasteiger partial charge in [-0.1, -0.05) is 122 Å². The Bertz CT molecular complexity index is 2090. The smallest absolute Gasteiger partial charge is 0.00602 e. The molecule has 8 rings (SSSR count). The standard InChI is InChI=1S/C39H28/c1-25-15-20-34-31-11-5-6-12-32(31)38-24-36(33-13-7-8-14-35(33)39(38)37(34)21-25)30-19-18-28-22-27(16-17-29(28)23-30)26-9-3-2-4-10-26/h2-20,22-25H,21H2,1H3. The predicted molar refractivity (Wildman–Crippen MR) is 169 cm³/mol. The van der Waals surface area contributed by atoms with Gasteiger partial charge in [-0.3, -0.25) is 0 Å². The minimum absolute atomic E-state index is 0.543. The van der Waals surface area contributed by atoms with Crippen LogP contribution in [0.5, 0.6) is 0 Å². The molecule has 0 heterocycles. The van der Waals surface area contributed by atoms with Crippen LogP contribution in [0.2, 0.25) is 0 Å². The summed E-state index contributed by atoms with van der Waals surface area (Å²) in [5.41, 5.74) is 7.97. The number of hydrogen-bond acceptors (Lipinski definition) is 0. The third kappa shape index (κ3) is 3.52. The lowest BCUT2D eigenvalue weighted by Gasteiger charge is -2.23. The van der Waals surface area contributed by atoms with E-state index in [1.54, 1.807) is 0 Å². The number of benzene rings is 7. The predicted octanol–water partition coefficient (Wildman–Crippen LogP) is 10.8. The van der Waals surface area contributed by atoms with Crippen LogP contribution in [0.1, 0.15) is 18.1 Å². The lowest BCUT2D eigenvalue weighted by atomic mass is 9.80. The minimum atomic E-state index is 0.543. The van der Waals surface area contributed by atoms with Gasteiger partial charge in [-0.15, -0.1) is 0 Å². The molecule has 0 amide bonds. The summed E-state index contributed by atoms with van der Waals surface area (Å²) in [7, 11) is 0. The van der Waals surface area contributed by atoms with Gasteiger partial charge in [0.05, 0.1) is 0 Å². The zero-order chi connectivity index (χ0) is 25.9. The Kier molecular flexibility index (Phi) is 4.97. The molecular weight excluding hydrogens is 468 g/mol. The molecule has 1 atom stereocenters. The molecule has 184 valence electrons. The van der Waals surface area contributed by atoms with Crippen molar-refractivity contribution < 1.29 is 0 Å². The molecule has 0 aliphatic heterocycles. The molecule has 0 nitrogen and oxygen atoms in total. The van der Waals surface area contributed by atoms with Crippen molar-refractivity contribution in [2.24, 2.45) is 5.92 Å². The fraction of sp³-hybridized carbons (Fsp3) is 0.0769. The van der Waals surface area contributed by atoms with Crippen molar-refractivity contribution in [3.63, 3.8) is 0 Å². The van der Waals surface area contributed by atoms with Gasteiger partial charge in [0.2, 0.25) is 0 Å². The zero-order valence-electron chi connectivity index (χ0n) is 22.0. The van der Waals surface area contributed by atoms with E-state index in [2.05, 4.69) is 140 Å². The minimum Gasteiger partial charge on any atom is -0.0807 e. The Labute approximate surface area is 228 Å². The van der Waals surface area contributed by atoms with Crippen molar-refractivity contribution in [1.82, 2.24) is 0 Å². The molecule has 0 bridgehead atoms. The number of allylic oxidation sites excluding steroid dienone is 1. The summed E-state index contributed by atoms with van der Waals surface area (Å²) in [6.07, 6.45) is 5.81. The SMILES string of the molecule is CC1C=Cc2c(c3c4ccccc4c(-c4ccc5cc(-c6ccccc6)ccc5c4)cc3c3ccccc23)C1. The van der Waals surface area contributed by atoms with E-state index in [4.69, 9.17) is 0 Å². The molecule has 0 saturated carbocycles. The molecule has 7 aromatic carbocycles. The zero-order valence-corrected chi connectivity index (χ0v) is 22.0. The van der Waals surface area contributed by atoms with Crippen molar-refractivity contribution >= 4 is 49.2 Å². The third-order valence-electron chi connectivity index (χ3n) is 8.55. The Morgan fingerprint density at radius 1 is 0.513 bits per heavy atom. The first-order chi connectivity index (χ1) is 19.2. The van der Waals surface area contributed by atoms with E-state index >= 15 is 0 Å². The fourth-order valence-electron chi connectivity index (χ4n) is 6.68. The summed E-state index contributed by atoms with van der Waals surface area (Å²) >= 11 is 0. The van der Waals surface area contributed by atoms with Crippen molar-refractivity contribution in [3.05, 3.63) is 139 Å². The Hall–Kier alpha value is -4.68. The molecular formula is C39H28. The largest absolute Gasteiger partial charge is 0.0807 e. The summed E-state index contributed by atoms with van der Waals surface area (Å²) < 4.78 is 0. The van der Waals surface area contributed by atoms with Gasteiger partial charge in [-0.05, 0) is 107 Å². The van der Waals surface area contributed by atoms with Crippen LogP contribution in [0.3, 0.4) is 0 Å². The highest BCUT2D eigenvalue weighted by Crippen LogP contribution is 2.44. The maximum absolute atomic E-state index is 2.46. The number of hydrogen-bond donors (Lipinski definition) is 0. The highest BCUT2D eigenvalue weighted by molar-refractivity contribution is 6.24. The maximum Gasteiger partial charge on any atom is -0.00602 e. The first kappa shape index (κ1) is 22.3. The second-order valence-electron chi connectivity index (χ2n) is 11.0. The van der Waals surface area contributed by atoms with Gasteiger partial charge in [-0.25, -0.2) is 0 Å². The van der Waals surface area contributed by atoms with Crippen LogP contribution in [0, 0.1) is 5.92 Å². The van der Waals surface area contributed by atoms with Gasteiger partial charge in [0.15, 0.2) is 0 Å². The Morgan fingerprint density at radius 2 is 1.15 bits per heavy atom. The molecule has 0 heteroatoms.